The number of halogens is 1. The van der Waals surface area contributed by atoms with Crippen molar-refractivity contribution >= 4 is 23.6 Å². The smallest absolute Gasteiger partial charge is 0.407 e. The van der Waals surface area contributed by atoms with Crippen molar-refractivity contribution in [2.75, 3.05) is 6.54 Å². The highest BCUT2D eigenvalue weighted by Crippen LogP contribution is 2.25. The van der Waals surface area contributed by atoms with E-state index in [1.807, 2.05) is 12.1 Å². The summed E-state index contributed by atoms with van der Waals surface area (Å²) < 4.78 is 5.20. The summed E-state index contributed by atoms with van der Waals surface area (Å²) in [4.78, 5) is 24.1. The first-order chi connectivity index (χ1) is 11.6. The quantitative estimate of drug-likeness (QED) is 0.799. The molecule has 7 heteroatoms. The van der Waals surface area contributed by atoms with Crippen molar-refractivity contribution in [1.29, 1.82) is 5.26 Å². The topological polar surface area (TPSA) is 91.2 Å². The van der Waals surface area contributed by atoms with Crippen LogP contribution < -0.4 is 10.6 Å². The Kier molecular flexibility index (Phi) is 6.89. The predicted molar refractivity (Wildman–Crippen MR) is 89.1 cm³/mol. The van der Waals surface area contributed by atoms with Gasteiger partial charge >= 0.3 is 6.09 Å². The number of hydrogen-bond donors (Lipinski definition) is 2. The minimum Gasteiger partial charge on any atom is -0.445 e. The number of amides is 2. The van der Waals surface area contributed by atoms with Crippen molar-refractivity contribution in [2.45, 2.75) is 38.3 Å². The average molecular weight is 350 g/mol. The number of carbonyl (C=O) groups excluding carboxylic acids is 2. The molecule has 0 aliphatic heterocycles. The van der Waals surface area contributed by atoms with Crippen molar-refractivity contribution in [1.82, 2.24) is 10.6 Å². The fraction of sp³-hybridized carbons (Fsp3) is 0.471. The molecular weight excluding hydrogens is 330 g/mol. The van der Waals surface area contributed by atoms with Gasteiger partial charge in [-0.3, -0.25) is 4.79 Å². The van der Waals surface area contributed by atoms with E-state index in [1.165, 1.54) is 0 Å². The number of ether oxygens (including phenoxy) is 1. The number of nitriles is 1. The van der Waals surface area contributed by atoms with Crippen LogP contribution in [0.1, 0.15) is 31.2 Å². The number of alkyl carbamates (subject to hydrolysis) is 1. The normalized spacial score (nSPS) is 19.8. The van der Waals surface area contributed by atoms with Gasteiger partial charge in [-0.05, 0) is 18.9 Å². The van der Waals surface area contributed by atoms with E-state index in [1.54, 1.807) is 18.2 Å². The summed E-state index contributed by atoms with van der Waals surface area (Å²) in [5.74, 6) is -0.535. The first-order valence-electron chi connectivity index (χ1n) is 7.93. The lowest BCUT2D eigenvalue weighted by molar-refractivity contribution is -0.126. The van der Waals surface area contributed by atoms with Crippen molar-refractivity contribution in [2.24, 2.45) is 5.92 Å². The van der Waals surface area contributed by atoms with Gasteiger partial charge in [0.15, 0.2) is 0 Å². The molecule has 1 aromatic carbocycles. The molecule has 0 heterocycles. The van der Waals surface area contributed by atoms with E-state index in [0.29, 0.717) is 17.9 Å². The van der Waals surface area contributed by atoms with E-state index in [0.717, 1.165) is 18.4 Å². The van der Waals surface area contributed by atoms with Gasteiger partial charge in [0.1, 0.15) is 13.2 Å². The molecule has 0 saturated heterocycles. The van der Waals surface area contributed by atoms with Gasteiger partial charge in [0.05, 0.1) is 12.0 Å². The van der Waals surface area contributed by atoms with E-state index in [9.17, 15) is 9.59 Å². The number of nitrogens with one attached hydrogen (secondary N) is 2. The molecule has 0 unspecified atom stereocenters. The average Bonchev–Trinajstić information content (AvgIpc) is 2.59. The van der Waals surface area contributed by atoms with Gasteiger partial charge in [-0.1, -0.05) is 42.6 Å². The van der Waals surface area contributed by atoms with E-state index in [-0.39, 0.29) is 31.0 Å². The van der Waals surface area contributed by atoms with Crippen LogP contribution in [0.4, 0.5) is 4.79 Å². The first kappa shape index (κ1) is 18.1. The van der Waals surface area contributed by atoms with Gasteiger partial charge in [-0.15, -0.1) is 0 Å². The van der Waals surface area contributed by atoms with Crippen LogP contribution >= 0.6 is 11.6 Å². The second kappa shape index (κ2) is 9.14. The Morgan fingerprint density at radius 3 is 2.79 bits per heavy atom. The first-order valence-corrected chi connectivity index (χ1v) is 8.31. The summed E-state index contributed by atoms with van der Waals surface area (Å²) in [6.45, 7) is 0.0442. The molecule has 1 saturated carbocycles. The minimum atomic E-state index is -0.570. The number of rotatable bonds is 5. The molecule has 0 radical (unpaired) electrons. The number of benzene rings is 1. The lowest BCUT2D eigenvalue weighted by atomic mass is 9.84. The molecule has 128 valence electrons. The molecule has 2 rings (SSSR count). The highest BCUT2D eigenvalue weighted by molar-refractivity contribution is 6.31. The minimum absolute atomic E-state index is 0.0288. The zero-order valence-corrected chi connectivity index (χ0v) is 14.0. The third-order valence-corrected chi connectivity index (χ3v) is 4.43. The molecule has 24 heavy (non-hydrogen) atoms. The Morgan fingerprint density at radius 1 is 1.29 bits per heavy atom. The summed E-state index contributed by atoms with van der Waals surface area (Å²) in [5, 5.41) is 14.4. The van der Waals surface area contributed by atoms with E-state index < -0.39 is 6.09 Å². The molecule has 1 aliphatic rings. The highest BCUT2D eigenvalue weighted by Gasteiger charge is 2.32. The molecule has 0 spiro atoms. The zero-order chi connectivity index (χ0) is 17.4. The van der Waals surface area contributed by atoms with E-state index in [2.05, 4.69) is 10.6 Å². The summed E-state index contributed by atoms with van der Waals surface area (Å²) in [6, 6.07) is 8.74. The second-order valence-corrected chi connectivity index (χ2v) is 6.09. The Labute approximate surface area is 146 Å². The third kappa shape index (κ3) is 5.14. The zero-order valence-electron chi connectivity index (χ0n) is 13.3. The molecule has 2 N–H and O–H groups in total. The van der Waals surface area contributed by atoms with E-state index >= 15 is 0 Å². The van der Waals surface area contributed by atoms with Gasteiger partial charge in [0, 0.05) is 16.6 Å². The molecule has 2 amide bonds. The molecule has 1 aliphatic carbocycles. The lowest BCUT2D eigenvalue weighted by Crippen LogP contribution is -2.48. The van der Waals surface area contributed by atoms with E-state index in [4.69, 9.17) is 21.6 Å². The standard InChI is InChI=1S/C17H20ClN3O3/c18-14-7-3-1-5-12(14)11-24-17(23)21-15-8-4-2-6-13(15)16(22)20-10-9-19/h1,3,5,7,13,15H,2,4,6,8,10-11H2,(H,20,22)(H,21,23)/t13-,15+/m0/s1. The molecule has 6 nitrogen and oxygen atoms in total. The Bertz CT molecular complexity index is 630. The maximum atomic E-state index is 12.1. The van der Waals surface area contributed by atoms with Crippen molar-refractivity contribution in [3.05, 3.63) is 34.9 Å². The van der Waals surface area contributed by atoms with Crippen LogP contribution in [0.3, 0.4) is 0 Å². The van der Waals surface area contributed by atoms with Crippen molar-refractivity contribution in [3.63, 3.8) is 0 Å². The van der Waals surface area contributed by atoms with Gasteiger partial charge in [-0.25, -0.2) is 4.79 Å². The third-order valence-electron chi connectivity index (χ3n) is 4.06. The van der Waals surface area contributed by atoms with Gasteiger partial charge < -0.3 is 15.4 Å². The van der Waals surface area contributed by atoms with Gasteiger partial charge in [0.25, 0.3) is 0 Å². The van der Waals surface area contributed by atoms with Crippen LogP contribution in [-0.4, -0.2) is 24.6 Å². The summed E-state index contributed by atoms with van der Waals surface area (Å²) in [6.07, 6.45) is 2.70. The number of hydrogen-bond acceptors (Lipinski definition) is 4. The summed E-state index contributed by atoms with van der Waals surface area (Å²) >= 11 is 6.02. The van der Waals surface area contributed by atoms with Crippen molar-refractivity contribution in [3.8, 4) is 6.07 Å². The van der Waals surface area contributed by atoms with Crippen molar-refractivity contribution < 1.29 is 14.3 Å². The fourth-order valence-electron chi connectivity index (χ4n) is 2.83. The molecule has 0 aromatic heterocycles. The van der Waals surface area contributed by atoms with Crippen LogP contribution in [0.25, 0.3) is 0 Å². The Hall–Kier alpha value is -2.26. The summed E-state index contributed by atoms with van der Waals surface area (Å²) in [5.41, 5.74) is 0.723. The monoisotopic (exact) mass is 349 g/mol. The highest BCUT2D eigenvalue weighted by atomic mass is 35.5. The molecule has 0 bridgehead atoms. The largest absolute Gasteiger partial charge is 0.445 e. The molecular formula is C17H20ClN3O3. The SMILES string of the molecule is N#CCNC(=O)[C@H]1CCCC[C@H]1NC(=O)OCc1ccccc1Cl. The van der Waals surface area contributed by atoms with Gasteiger partial charge in [-0.2, -0.15) is 5.26 Å². The van der Waals surface area contributed by atoms with Crippen LogP contribution in [0, 0.1) is 17.2 Å². The van der Waals surface area contributed by atoms with Crippen LogP contribution in [0.5, 0.6) is 0 Å². The Balaban J connectivity index is 1.87. The molecule has 1 fully saturated rings. The second-order valence-electron chi connectivity index (χ2n) is 5.69. The molecule has 2 atom stereocenters. The van der Waals surface area contributed by atoms with Crippen LogP contribution in [0.2, 0.25) is 5.02 Å². The van der Waals surface area contributed by atoms with Gasteiger partial charge in [0.2, 0.25) is 5.91 Å². The Morgan fingerprint density at radius 2 is 2.04 bits per heavy atom. The molecule has 1 aromatic rings. The lowest BCUT2D eigenvalue weighted by Gasteiger charge is -2.30. The fourth-order valence-corrected chi connectivity index (χ4v) is 3.02. The maximum Gasteiger partial charge on any atom is 0.407 e. The van der Waals surface area contributed by atoms with Crippen LogP contribution in [0.15, 0.2) is 24.3 Å². The summed E-state index contributed by atoms with van der Waals surface area (Å²) in [7, 11) is 0. The maximum absolute atomic E-state index is 12.1. The number of carbonyl (C=O) groups is 2. The predicted octanol–water partition coefficient (Wildman–Crippen LogP) is 2.76. The number of nitrogens with zero attached hydrogens (tertiary/aromatic N) is 1. The van der Waals surface area contributed by atoms with Crippen LogP contribution in [-0.2, 0) is 16.1 Å².